The van der Waals surface area contributed by atoms with Crippen LogP contribution in [0.3, 0.4) is 0 Å². The van der Waals surface area contributed by atoms with E-state index >= 15 is 0 Å². The summed E-state index contributed by atoms with van der Waals surface area (Å²) in [5, 5.41) is 2.62. The minimum atomic E-state index is 0.341. The number of fused-ring (bicyclic) bond motifs is 3. The second kappa shape index (κ2) is 12.7. The van der Waals surface area contributed by atoms with E-state index in [1.165, 1.54) is 83.1 Å². The summed E-state index contributed by atoms with van der Waals surface area (Å²) < 4.78 is 0. The van der Waals surface area contributed by atoms with Gasteiger partial charge in [-0.3, -0.25) is 4.98 Å². The normalized spacial score (nSPS) is 14.0. The Morgan fingerprint density at radius 1 is 0.404 bits per heavy atom. The Morgan fingerprint density at radius 2 is 0.923 bits per heavy atom. The Labute approximate surface area is 305 Å². The first-order valence-corrected chi connectivity index (χ1v) is 18.0. The molecule has 1 nitrogen and oxygen atoms in total. The Morgan fingerprint density at radius 3 is 1.42 bits per heavy atom. The smallest absolute Gasteiger partial charge is 0.155 e. The predicted molar refractivity (Wildman–Crippen MR) is 220 cm³/mol. The Hall–Kier alpha value is -6.51. The van der Waals surface area contributed by atoms with Crippen LogP contribution in [0.1, 0.15) is 11.4 Å². The number of nitrogens with zero attached hydrogens (tertiary/aromatic N) is 1. The third-order valence-corrected chi connectivity index (χ3v) is 10.7. The highest BCUT2D eigenvalue weighted by atomic mass is 14.7. The molecule has 241 valence electrons. The molecule has 0 N–H and O–H groups in total. The van der Waals surface area contributed by atoms with Gasteiger partial charge >= 0.3 is 0 Å². The molecule has 0 saturated carbocycles. The third-order valence-electron chi connectivity index (χ3n) is 10.7. The molecule has 7 aromatic carbocycles. The molecule has 0 fully saturated rings. The molecule has 1 radical (unpaired) electrons. The highest BCUT2D eigenvalue weighted by molar-refractivity contribution is 6.45. The van der Waals surface area contributed by atoms with E-state index in [1.54, 1.807) is 0 Å². The van der Waals surface area contributed by atoms with Crippen molar-refractivity contribution in [3.8, 4) is 78.0 Å². The molecule has 0 spiro atoms. The number of allylic oxidation sites excluding steroid dienone is 3. The Balaban J connectivity index is 1.01. The summed E-state index contributed by atoms with van der Waals surface area (Å²) >= 11 is 0. The summed E-state index contributed by atoms with van der Waals surface area (Å²) in [6.45, 7) is 0. The zero-order chi connectivity index (χ0) is 34.4. The summed E-state index contributed by atoms with van der Waals surface area (Å²) in [4.78, 5) is 4.51. The van der Waals surface area contributed by atoms with Gasteiger partial charge in [0.15, 0.2) is 7.28 Å². The molecule has 8 aromatic rings. The van der Waals surface area contributed by atoms with E-state index in [2.05, 4.69) is 182 Å². The molecule has 1 aliphatic heterocycles. The lowest BCUT2D eigenvalue weighted by molar-refractivity contribution is 1.19. The zero-order valence-corrected chi connectivity index (χ0v) is 28.6. The molecule has 0 bridgehead atoms. The molecule has 1 aliphatic carbocycles. The van der Waals surface area contributed by atoms with Crippen LogP contribution in [0.4, 0.5) is 0 Å². The van der Waals surface area contributed by atoms with Crippen LogP contribution in [0.25, 0.3) is 88.8 Å². The molecule has 1 atom stereocenters. The van der Waals surface area contributed by atoms with Crippen molar-refractivity contribution < 1.29 is 0 Å². The average molecular weight is 659 g/mol. The predicted octanol–water partition coefficient (Wildman–Crippen LogP) is 13.0. The van der Waals surface area contributed by atoms with Gasteiger partial charge in [-0.25, -0.2) is 0 Å². The maximum atomic E-state index is 4.51. The third kappa shape index (κ3) is 5.23. The van der Waals surface area contributed by atoms with Gasteiger partial charge < -0.3 is 0 Å². The van der Waals surface area contributed by atoms with Crippen LogP contribution in [0, 0.1) is 0 Å². The number of aromatic nitrogens is 1. The van der Waals surface area contributed by atoms with Gasteiger partial charge in [-0.2, -0.15) is 0 Å². The van der Waals surface area contributed by atoms with Gasteiger partial charge in [0.2, 0.25) is 0 Å². The van der Waals surface area contributed by atoms with Crippen molar-refractivity contribution in [3.63, 3.8) is 0 Å². The molecule has 2 aliphatic rings. The highest BCUT2D eigenvalue weighted by Crippen LogP contribution is 2.54. The van der Waals surface area contributed by atoms with Crippen molar-refractivity contribution in [2.45, 2.75) is 5.82 Å². The van der Waals surface area contributed by atoms with Crippen LogP contribution in [-0.2, 0) is 0 Å². The lowest BCUT2D eigenvalue weighted by atomic mass is 9.60. The van der Waals surface area contributed by atoms with Crippen molar-refractivity contribution in [3.05, 3.63) is 200 Å². The van der Waals surface area contributed by atoms with Crippen LogP contribution in [0.5, 0.6) is 0 Å². The van der Waals surface area contributed by atoms with Crippen molar-refractivity contribution in [2.24, 2.45) is 0 Å². The van der Waals surface area contributed by atoms with E-state index in [4.69, 9.17) is 0 Å². The summed E-state index contributed by atoms with van der Waals surface area (Å²) in [5.74, 6) is 2.47. The van der Waals surface area contributed by atoms with Gasteiger partial charge in [0.05, 0.1) is 5.69 Å². The number of hydrogen-bond donors (Lipinski definition) is 0. The van der Waals surface area contributed by atoms with E-state index in [9.17, 15) is 0 Å². The van der Waals surface area contributed by atoms with Crippen molar-refractivity contribution in [1.82, 2.24) is 4.98 Å². The van der Waals surface area contributed by atoms with E-state index < -0.39 is 0 Å². The largest absolute Gasteiger partial charge is 0.256 e. The summed E-state index contributed by atoms with van der Waals surface area (Å²) in [6.07, 6.45) is 8.29. The molecule has 52 heavy (non-hydrogen) atoms. The first-order valence-electron chi connectivity index (χ1n) is 18.0. The first kappa shape index (κ1) is 30.3. The molecule has 2 heterocycles. The molecule has 0 saturated heterocycles. The van der Waals surface area contributed by atoms with Gasteiger partial charge in [-0.15, -0.1) is 5.98 Å². The van der Waals surface area contributed by atoms with E-state index in [0.29, 0.717) is 5.82 Å². The van der Waals surface area contributed by atoms with E-state index in [0.717, 1.165) is 11.3 Å². The first-order chi connectivity index (χ1) is 25.8. The maximum Gasteiger partial charge on any atom is 0.155 e. The summed E-state index contributed by atoms with van der Waals surface area (Å²) in [6, 6.07) is 60.0. The van der Waals surface area contributed by atoms with Crippen LogP contribution in [0.2, 0.25) is 0 Å². The standard InChI is InChI=1S/C50H33BN/c1-3-31-51-46(11-1)39-25-17-35(18-26-39)33-13-21-37(22-14-33)42-29-30-43(50-45-10-6-8-41-7-5-9-44(48(41)45)49(42)50)38-23-15-34(16-24-38)36-19-27-40(28-20-36)47-12-2-4-32-52-47/h1-32,46H. The average Bonchev–Trinajstić information content (AvgIpc) is 3.57. The topological polar surface area (TPSA) is 12.9 Å². The van der Waals surface area contributed by atoms with Gasteiger partial charge in [-0.05, 0) is 101 Å². The maximum absolute atomic E-state index is 4.51. The number of pyridine rings is 1. The quantitative estimate of drug-likeness (QED) is 0.162. The Kier molecular flexibility index (Phi) is 7.39. The SMILES string of the molecule is [B]1C=CC=CC1c1ccc(-c2ccc(-c3ccc(-c4ccc(-c5ccc(-c6ccccn6)cc5)cc4)c4c3-c3cccc5cccc-4c35)cc2)cc1. The highest BCUT2D eigenvalue weighted by Gasteiger charge is 2.27. The molecule has 0 amide bonds. The number of benzene rings is 7. The fraction of sp³-hybridized carbons (Fsp3) is 0.0200. The van der Waals surface area contributed by atoms with Gasteiger partial charge in [0.1, 0.15) is 0 Å². The molecule has 2 heteroatoms. The Bertz CT molecular complexity index is 2650. The molecule has 1 aromatic heterocycles. The van der Waals surface area contributed by atoms with Crippen molar-refractivity contribution in [1.29, 1.82) is 0 Å². The van der Waals surface area contributed by atoms with Gasteiger partial charge in [-0.1, -0.05) is 170 Å². The van der Waals surface area contributed by atoms with Gasteiger partial charge in [0.25, 0.3) is 0 Å². The van der Waals surface area contributed by atoms with Gasteiger partial charge in [0, 0.05) is 11.8 Å². The fourth-order valence-electron chi connectivity index (χ4n) is 8.07. The second-order valence-corrected chi connectivity index (χ2v) is 13.7. The minimum Gasteiger partial charge on any atom is -0.256 e. The van der Waals surface area contributed by atoms with Crippen molar-refractivity contribution >= 4 is 18.1 Å². The number of rotatable bonds is 6. The lowest BCUT2D eigenvalue weighted by Crippen LogP contribution is -2.05. The minimum absolute atomic E-state index is 0.341. The van der Waals surface area contributed by atoms with E-state index in [1.807, 2.05) is 24.4 Å². The van der Waals surface area contributed by atoms with Crippen LogP contribution >= 0.6 is 0 Å². The molecular weight excluding hydrogens is 625 g/mol. The monoisotopic (exact) mass is 658 g/mol. The van der Waals surface area contributed by atoms with Crippen LogP contribution < -0.4 is 0 Å². The summed E-state index contributed by atoms with van der Waals surface area (Å²) in [5.41, 5.74) is 18.5. The van der Waals surface area contributed by atoms with Crippen LogP contribution in [0.15, 0.2) is 194 Å². The molecular formula is C50H33BN. The summed E-state index contributed by atoms with van der Waals surface area (Å²) in [7, 11) is 2.24. The molecule has 10 rings (SSSR count). The molecule has 1 unspecified atom stereocenters. The van der Waals surface area contributed by atoms with E-state index in [-0.39, 0.29) is 0 Å². The van der Waals surface area contributed by atoms with Crippen molar-refractivity contribution in [2.75, 3.05) is 0 Å². The fourth-order valence-corrected chi connectivity index (χ4v) is 8.07. The lowest BCUT2D eigenvalue weighted by Gasteiger charge is -2.16. The second-order valence-electron chi connectivity index (χ2n) is 13.7. The zero-order valence-electron chi connectivity index (χ0n) is 28.6. The van der Waals surface area contributed by atoms with Crippen LogP contribution in [-0.4, -0.2) is 12.3 Å². The number of hydrogen-bond acceptors (Lipinski definition) is 1.